The molecule has 0 amide bonds. The van der Waals surface area contributed by atoms with Gasteiger partial charge >= 0.3 is 0 Å². The molecule has 0 radical (unpaired) electrons. The van der Waals surface area contributed by atoms with Crippen LogP contribution in [0, 0.1) is 0 Å². The van der Waals surface area contributed by atoms with Crippen LogP contribution in [-0.2, 0) is 6.42 Å². The van der Waals surface area contributed by atoms with E-state index in [1.54, 1.807) is 6.26 Å². The van der Waals surface area contributed by atoms with Crippen LogP contribution >= 0.6 is 0 Å². The van der Waals surface area contributed by atoms with E-state index in [1.165, 1.54) is 12.8 Å². The van der Waals surface area contributed by atoms with Crippen molar-refractivity contribution < 1.29 is 4.42 Å². The molecule has 2 nitrogen and oxygen atoms in total. The average molecular weight is 209 g/mol. The van der Waals surface area contributed by atoms with Gasteiger partial charge in [-0.15, -0.1) is 0 Å². The summed E-state index contributed by atoms with van der Waals surface area (Å²) in [5.41, 5.74) is 0. The van der Waals surface area contributed by atoms with Gasteiger partial charge < -0.3 is 9.73 Å². The Labute approximate surface area is 93.1 Å². The molecule has 1 N–H and O–H groups in total. The van der Waals surface area contributed by atoms with E-state index < -0.39 is 0 Å². The number of nitrogens with one attached hydrogen (secondary N) is 1. The van der Waals surface area contributed by atoms with E-state index in [0.29, 0.717) is 12.1 Å². The van der Waals surface area contributed by atoms with Crippen molar-refractivity contribution in [1.29, 1.82) is 0 Å². The Bertz CT molecular complexity index is 243. The summed E-state index contributed by atoms with van der Waals surface area (Å²) in [6.45, 7) is 6.73. The van der Waals surface area contributed by atoms with Gasteiger partial charge in [0.05, 0.1) is 6.26 Å². The van der Waals surface area contributed by atoms with Crippen molar-refractivity contribution in [3.05, 3.63) is 24.2 Å². The second kappa shape index (κ2) is 6.67. The van der Waals surface area contributed by atoms with Crippen molar-refractivity contribution in [1.82, 2.24) is 5.32 Å². The van der Waals surface area contributed by atoms with Crippen LogP contribution in [0.25, 0.3) is 0 Å². The van der Waals surface area contributed by atoms with Gasteiger partial charge in [-0.25, -0.2) is 0 Å². The van der Waals surface area contributed by atoms with Crippen LogP contribution < -0.4 is 5.32 Å². The number of hydrogen-bond donors (Lipinski definition) is 1. The minimum absolute atomic E-state index is 0.566. The van der Waals surface area contributed by atoms with Gasteiger partial charge in [-0.3, -0.25) is 0 Å². The molecule has 2 atom stereocenters. The van der Waals surface area contributed by atoms with Crippen molar-refractivity contribution >= 4 is 0 Å². The summed E-state index contributed by atoms with van der Waals surface area (Å²) >= 11 is 0. The highest BCUT2D eigenvalue weighted by Gasteiger charge is 2.07. The van der Waals surface area contributed by atoms with Gasteiger partial charge in [-0.1, -0.05) is 13.3 Å². The van der Waals surface area contributed by atoms with E-state index in [1.807, 2.05) is 12.1 Å². The van der Waals surface area contributed by atoms with Crippen LogP contribution in [0.2, 0.25) is 0 Å². The van der Waals surface area contributed by atoms with Crippen molar-refractivity contribution in [2.75, 3.05) is 0 Å². The topological polar surface area (TPSA) is 25.2 Å². The molecule has 0 bridgehead atoms. The van der Waals surface area contributed by atoms with Gasteiger partial charge in [-0.05, 0) is 38.8 Å². The lowest BCUT2D eigenvalue weighted by molar-refractivity contribution is 0.410. The van der Waals surface area contributed by atoms with Crippen LogP contribution in [0.3, 0.4) is 0 Å². The summed E-state index contributed by atoms with van der Waals surface area (Å²) in [7, 11) is 0. The summed E-state index contributed by atoms with van der Waals surface area (Å²) in [5, 5.41) is 3.60. The maximum atomic E-state index is 5.31. The maximum Gasteiger partial charge on any atom is 0.103 e. The molecule has 1 aromatic rings. The first-order chi connectivity index (χ1) is 7.22. The summed E-state index contributed by atoms with van der Waals surface area (Å²) in [5.74, 6) is 1.09. The zero-order valence-electron chi connectivity index (χ0n) is 10.1. The standard InChI is InChI=1S/C13H23NO/c1-4-6-11(2)14-12(3)8-9-13-7-5-10-15-13/h5,7,10-12,14H,4,6,8-9H2,1-3H3. The zero-order chi connectivity index (χ0) is 11.1. The molecular weight excluding hydrogens is 186 g/mol. The van der Waals surface area contributed by atoms with Gasteiger partial charge in [0, 0.05) is 18.5 Å². The molecule has 0 saturated carbocycles. The smallest absolute Gasteiger partial charge is 0.103 e. The molecular formula is C13H23NO. The minimum atomic E-state index is 0.566. The summed E-state index contributed by atoms with van der Waals surface area (Å²) in [6, 6.07) is 5.19. The Morgan fingerprint density at radius 3 is 2.60 bits per heavy atom. The summed E-state index contributed by atoms with van der Waals surface area (Å²) in [6.07, 6.45) is 6.42. The zero-order valence-corrected chi connectivity index (χ0v) is 10.1. The molecule has 0 aliphatic rings. The molecule has 0 aliphatic heterocycles. The fraction of sp³-hybridized carbons (Fsp3) is 0.692. The maximum absolute atomic E-state index is 5.31. The summed E-state index contributed by atoms with van der Waals surface area (Å²) < 4.78 is 5.31. The SMILES string of the molecule is CCCC(C)NC(C)CCc1ccco1. The summed E-state index contributed by atoms with van der Waals surface area (Å²) in [4.78, 5) is 0. The second-order valence-corrected chi connectivity index (χ2v) is 4.38. The Morgan fingerprint density at radius 1 is 1.27 bits per heavy atom. The number of rotatable bonds is 7. The minimum Gasteiger partial charge on any atom is -0.469 e. The highest BCUT2D eigenvalue weighted by Crippen LogP contribution is 2.07. The molecule has 86 valence electrons. The molecule has 1 rings (SSSR count). The number of hydrogen-bond acceptors (Lipinski definition) is 2. The van der Waals surface area contributed by atoms with E-state index in [9.17, 15) is 0 Å². The normalized spacial score (nSPS) is 15.1. The Kier molecular flexibility index (Phi) is 5.48. The van der Waals surface area contributed by atoms with Crippen LogP contribution in [-0.4, -0.2) is 12.1 Å². The number of furan rings is 1. The third kappa shape index (κ3) is 5.03. The van der Waals surface area contributed by atoms with E-state index in [4.69, 9.17) is 4.42 Å². The van der Waals surface area contributed by atoms with Gasteiger partial charge in [0.25, 0.3) is 0 Å². The average Bonchev–Trinajstić information content (AvgIpc) is 2.67. The van der Waals surface area contributed by atoms with Gasteiger partial charge in [-0.2, -0.15) is 0 Å². The largest absolute Gasteiger partial charge is 0.469 e. The predicted molar refractivity (Wildman–Crippen MR) is 64.0 cm³/mol. The van der Waals surface area contributed by atoms with Crippen molar-refractivity contribution in [3.8, 4) is 0 Å². The molecule has 0 fully saturated rings. The van der Waals surface area contributed by atoms with Gasteiger partial charge in [0.15, 0.2) is 0 Å². The Balaban J connectivity index is 2.15. The molecule has 0 aliphatic carbocycles. The molecule has 2 heteroatoms. The van der Waals surface area contributed by atoms with E-state index in [2.05, 4.69) is 26.1 Å². The van der Waals surface area contributed by atoms with E-state index >= 15 is 0 Å². The first kappa shape index (κ1) is 12.3. The molecule has 1 aromatic heterocycles. The van der Waals surface area contributed by atoms with Crippen LogP contribution in [0.15, 0.2) is 22.8 Å². The predicted octanol–water partition coefficient (Wildman–Crippen LogP) is 3.38. The third-order valence-corrected chi connectivity index (χ3v) is 2.69. The van der Waals surface area contributed by atoms with Crippen molar-refractivity contribution in [3.63, 3.8) is 0 Å². The van der Waals surface area contributed by atoms with Crippen LogP contribution in [0.5, 0.6) is 0 Å². The first-order valence-electron chi connectivity index (χ1n) is 6.00. The van der Waals surface area contributed by atoms with Crippen molar-refractivity contribution in [2.24, 2.45) is 0 Å². The monoisotopic (exact) mass is 209 g/mol. The van der Waals surface area contributed by atoms with Crippen LogP contribution in [0.4, 0.5) is 0 Å². The molecule has 2 unspecified atom stereocenters. The lowest BCUT2D eigenvalue weighted by Gasteiger charge is -2.19. The molecule has 0 aromatic carbocycles. The van der Waals surface area contributed by atoms with E-state index in [0.717, 1.165) is 18.6 Å². The first-order valence-corrected chi connectivity index (χ1v) is 6.00. The number of aryl methyl sites for hydroxylation is 1. The van der Waals surface area contributed by atoms with Crippen molar-refractivity contribution in [2.45, 2.75) is 58.5 Å². The highest BCUT2D eigenvalue weighted by molar-refractivity contribution is 4.98. The lowest BCUT2D eigenvalue weighted by Crippen LogP contribution is -2.34. The van der Waals surface area contributed by atoms with E-state index in [-0.39, 0.29) is 0 Å². The molecule has 1 heterocycles. The Hall–Kier alpha value is -0.760. The third-order valence-electron chi connectivity index (χ3n) is 2.69. The molecule has 0 saturated heterocycles. The highest BCUT2D eigenvalue weighted by atomic mass is 16.3. The lowest BCUT2D eigenvalue weighted by atomic mass is 10.1. The second-order valence-electron chi connectivity index (χ2n) is 4.38. The fourth-order valence-corrected chi connectivity index (χ4v) is 1.90. The van der Waals surface area contributed by atoms with Gasteiger partial charge in [0.2, 0.25) is 0 Å². The Morgan fingerprint density at radius 2 is 2.00 bits per heavy atom. The van der Waals surface area contributed by atoms with Gasteiger partial charge in [0.1, 0.15) is 5.76 Å². The molecule has 15 heavy (non-hydrogen) atoms. The van der Waals surface area contributed by atoms with Crippen LogP contribution in [0.1, 0.15) is 45.8 Å². The quantitative estimate of drug-likeness (QED) is 0.744. The molecule has 0 spiro atoms. The fourth-order valence-electron chi connectivity index (χ4n) is 1.90.